The van der Waals surface area contributed by atoms with E-state index in [1.54, 1.807) is 0 Å². The van der Waals surface area contributed by atoms with Crippen LogP contribution in [-0.4, -0.2) is 18.4 Å². The fourth-order valence-corrected chi connectivity index (χ4v) is 3.18. The summed E-state index contributed by atoms with van der Waals surface area (Å²) >= 11 is 0. The lowest BCUT2D eigenvalue weighted by Crippen LogP contribution is -2.40. The molecule has 0 heterocycles. The van der Waals surface area contributed by atoms with E-state index in [2.05, 4.69) is 22.3 Å². The molecule has 0 atom stereocenters. The maximum Gasteiger partial charge on any atom is 0.573 e. The second-order valence-electron chi connectivity index (χ2n) is 6.53. The van der Waals surface area contributed by atoms with Crippen molar-refractivity contribution in [1.82, 2.24) is 5.32 Å². The second-order valence-corrected chi connectivity index (χ2v) is 6.53. The first-order valence-electron chi connectivity index (χ1n) is 8.79. The zero-order valence-corrected chi connectivity index (χ0v) is 14.4. The first kappa shape index (κ1) is 19.4. The molecule has 0 spiro atoms. The molecular weight excluding hydrogens is 333 g/mol. The molecule has 0 aliphatic heterocycles. The quantitative estimate of drug-likeness (QED) is 0.710. The molecule has 0 unspecified atom stereocenters. The molecule has 25 heavy (non-hydrogen) atoms. The molecule has 0 bridgehead atoms. The minimum atomic E-state index is -4.72. The van der Waals surface area contributed by atoms with Gasteiger partial charge in [-0.3, -0.25) is 0 Å². The zero-order valence-electron chi connectivity index (χ0n) is 14.4. The molecule has 1 aromatic rings. The average molecular weight is 358 g/mol. The Morgan fingerprint density at radius 3 is 2.36 bits per heavy atom. The monoisotopic (exact) mass is 358 g/mol. The van der Waals surface area contributed by atoms with Crippen LogP contribution < -0.4 is 15.4 Å². The van der Waals surface area contributed by atoms with Crippen molar-refractivity contribution in [3.8, 4) is 5.75 Å². The van der Waals surface area contributed by atoms with Crippen molar-refractivity contribution in [1.29, 1.82) is 0 Å². The van der Waals surface area contributed by atoms with Crippen molar-refractivity contribution in [2.45, 2.75) is 64.3 Å². The van der Waals surface area contributed by atoms with Crippen LogP contribution in [0.3, 0.4) is 0 Å². The molecule has 4 nitrogen and oxygen atoms in total. The highest BCUT2D eigenvalue weighted by Gasteiger charge is 2.31. The molecule has 0 radical (unpaired) electrons. The van der Waals surface area contributed by atoms with Crippen LogP contribution in [-0.2, 0) is 0 Å². The highest BCUT2D eigenvalue weighted by Crippen LogP contribution is 2.28. The number of benzene rings is 1. The number of amides is 2. The number of halogens is 3. The van der Waals surface area contributed by atoms with Gasteiger partial charge in [0.25, 0.3) is 0 Å². The zero-order chi connectivity index (χ0) is 18.3. The summed E-state index contributed by atoms with van der Waals surface area (Å²) in [6.07, 6.45) is 3.23. The molecule has 140 valence electrons. The summed E-state index contributed by atoms with van der Waals surface area (Å²) in [5.74, 6) is 0.450. The maximum absolute atomic E-state index is 12.1. The number of alkyl halides is 3. The average Bonchev–Trinajstić information content (AvgIpc) is 2.55. The summed E-state index contributed by atoms with van der Waals surface area (Å²) in [6.45, 7) is 2.19. The van der Waals surface area contributed by atoms with E-state index in [1.807, 2.05) is 0 Å². The molecule has 1 aromatic carbocycles. The predicted octanol–water partition coefficient (Wildman–Crippen LogP) is 5.46. The number of nitrogens with one attached hydrogen (secondary N) is 2. The Balaban J connectivity index is 1.73. The number of ether oxygens (including phenoxy) is 1. The largest absolute Gasteiger partial charge is 0.573 e. The van der Waals surface area contributed by atoms with E-state index >= 15 is 0 Å². The Hall–Kier alpha value is -1.92. The summed E-state index contributed by atoms with van der Waals surface area (Å²) in [5, 5.41) is 5.57. The predicted molar refractivity (Wildman–Crippen MR) is 90.6 cm³/mol. The Labute approximate surface area is 146 Å². The third-order valence-electron chi connectivity index (χ3n) is 4.49. The Kier molecular flexibility index (Phi) is 6.96. The fraction of sp³-hybridized carbons (Fsp3) is 0.611. The van der Waals surface area contributed by atoms with Gasteiger partial charge in [0.15, 0.2) is 0 Å². The third kappa shape index (κ3) is 7.23. The van der Waals surface area contributed by atoms with Gasteiger partial charge in [0.1, 0.15) is 5.75 Å². The molecule has 2 rings (SSSR count). The van der Waals surface area contributed by atoms with E-state index in [0.29, 0.717) is 5.69 Å². The van der Waals surface area contributed by atoms with Crippen LogP contribution in [0.4, 0.5) is 23.7 Å². The maximum atomic E-state index is 12.1. The molecule has 0 saturated heterocycles. The molecular formula is C18H25F3N2O2. The van der Waals surface area contributed by atoms with E-state index in [9.17, 15) is 18.0 Å². The number of carbonyl (C=O) groups excluding carboxylic acids is 1. The molecule has 2 amide bonds. The lowest BCUT2D eigenvalue weighted by atomic mass is 9.83. The number of unbranched alkanes of at least 4 members (excludes halogenated alkanes) is 1. The topological polar surface area (TPSA) is 50.4 Å². The molecule has 0 aromatic heterocycles. The number of hydrogen-bond acceptors (Lipinski definition) is 2. The van der Waals surface area contributed by atoms with Gasteiger partial charge in [-0.05, 0) is 55.9 Å². The van der Waals surface area contributed by atoms with Gasteiger partial charge in [-0.25, -0.2) is 4.79 Å². The lowest BCUT2D eigenvalue weighted by molar-refractivity contribution is -0.274. The molecule has 1 aliphatic rings. The van der Waals surface area contributed by atoms with Gasteiger partial charge >= 0.3 is 12.4 Å². The molecule has 2 N–H and O–H groups in total. The van der Waals surface area contributed by atoms with Gasteiger partial charge in [0.2, 0.25) is 0 Å². The van der Waals surface area contributed by atoms with Gasteiger partial charge in [-0.2, -0.15) is 0 Å². The summed E-state index contributed by atoms with van der Waals surface area (Å²) in [6, 6.07) is 4.92. The van der Waals surface area contributed by atoms with E-state index in [4.69, 9.17) is 0 Å². The van der Waals surface area contributed by atoms with E-state index < -0.39 is 6.36 Å². The first-order valence-corrected chi connectivity index (χ1v) is 8.79. The molecule has 1 aliphatic carbocycles. The summed E-state index contributed by atoms with van der Waals surface area (Å²) in [7, 11) is 0. The van der Waals surface area contributed by atoms with Crippen LogP contribution >= 0.6 is 0 Å². The second kappa shape index (κ2) is 8.97. The van der Waals surface area contributed by atoms with Crippen molar-refractivity contribution in [3.63, 3.8) is 0 Å². The van der Waals surface area contributed by atoms with Crippen molar-refractivity contribution >= 4 is 11.7 Å². The molecule has 1 saturated carbocycles. The van der Waals surface area contributed by atoms with Crippen molar-refractivity contribution in [2.75, 3.05) is 5.32 Å². The summed E-state index contributed by atoms with van der Waals surface area (Å²) in [5.41, 5.74) is 0.420. The standard InChI is InChI=1S/C18H25F3N2O2/c1-2-3-4-13-5-7-14(8-6-13)22-17(24)23-15-9-11-16(12-10-15)25-18(19,20)21/h9-14H,2-8H2,1H3,(H2,22,23,24). The van der Waals surface area contributed by atoms with Crippen molar-refractivity contribution < 1.29 is 22.7 Å². The molecule has 7 heteroatoms. The number of rotatable bonds is 6. The van der Waals surface area contributed by atoms with Crippen LogP contribution in [0.5, 0.6) is 5.75 Å². The minimum Gasteiger partial charge on any atom is -0.406 e. The third-order valence-corrected chi connectivity index (χ3v) is 4.49. The van der Waals surface area contributed by atoms with Gasteiger partial charge in [-0.1, -0.05) is 26.2 Å². The smallest absolute Gasteiger partial charge is 0.406 e. The van der Waals surface area contributed by atoms with Crippen LogP contribution in [0.15, 0.2) is 24.3 Å². The van der Waals surface area contributed by atoms with Crippen LogP contribution in [0.25, 0.3) is 0 Å². The number of urea groups is 1. The van der Waals surface area contributed by atoms with E-state index in [1.165, 1.54) is 43.5 Å². The van der Waals surface area contributed by atoms with Crippen LogP contribution in [0.1, 0.15) is 51.9 Å². The van der Waals surface area contributed by atoms with Crippen molar-refractivity contribution in [3.05, 3.63) is 24.3 Å². The van der Waals surface area contributed by atoms with Crippen LogP contribution in [0, 0.1) is 5.92 Å². The van der Waals surface area contributed by atoms with Gasteiger partial charge in [0.05, 0.1) is 0 Å². The highest BCUT2D eigenvalue weighted by atomic mass is 19.4. The Bertz CT molecular complexity index is 538. The fourth-order valence-electron chi connectivity index (χ4n) is 3.18. The van der Waals surface area contributed by atoms with Gasteiger partial charge in [-0.15, -0.1) is 13.2 Å². The number of hydrogen-bond donors (Lipinski definition) is 2. The van der Waals surface area contributed by atoms with E-state index in [0.717, 1.165) is 31.6 Å². The minimum absolute atomic E-state index is 0.158. The van der Waals surface area contributed by atoms with Crippen LogP contribution in [0.2, 0.25) is 0 Å². The Morgan fingerprint density at radius 2 is 1.80 bits per heavy atom. The normalized spacial score (nSPS) is 20.8. The number of carbonyl (C=O) groups is 1. The van der Waals surface area contributed by atoms with Gasteiger partial charge < -0.3 is 15.4 Å². The first-order chi connectivity index (χ1) is 11.9. The van der Waals surface area contributed by atoms with Crippen molar-refractivity contribution in [2.24, 2.45) is 5.92 Å². The van der Waals surface area contributed by atoms with Gasteiger partial charge in [0, 0.05) is 11.7 Å². The number of anilines is 1. The molecule has 1 fully saturated rings. The van der Waals surface area contributed by atoms with E-state index in [-0.39, 0.29) is 17.8 Å². The summed E-state index contributed by atoms with van der Waals surface area (Å²) < 4.78 is 40.1. The Morgan fingerprint density at radius 1 is 1.16 bits per heavy atom. The lowest BCUT2D eigenvalue weighted by Gasteiger charge is -2.29. The highest BCUT2D eigenvalue weighted by molar-refractivity contribution is 5.89. The SMILES string of the molecule is CCCCC1CCC(NC(=O)Nc2ccc(OC(F)(F)F)cc2)CC1. The summed E-state index contributed by atoms with van der Waals surface area (Å²) in [4.78, 5) is 12.0.